The molecule has 1 atom stereocenters. The predicted octanol–water partition coefficient (Wildman–Crippen LogP) is 0.546. The second-order valence-corrected chi connectivity index (χ2v) is 3.64. The number of carbonyl (C=O) groups excluding carboxylic acids is 2. The van der Waals surface area contributed by atoms with Gasteiger partial charge in [0, 0.05) is 6.54 Å². The number of hydrogen-bond donors (Lipinski definition) is 2. The maximum absolute atomic E-state index is 11.8. The first-order chi connectivity index (χ1) is 8.69. The monoisotopic (exact) mass is 245 g/mol. The number of amides is 2. The maximum atomic E-state index is 11.8. The van der Waals surface area contributed by atoms with Gasteiger partial charge < -0.3 is 10.6 Å². The summed E-state index contributed by atoms with van der Waals surface area (Å²) in [6, 6.07) is 10.7. The van der Waals surface area contributed by atoms with Crippen molar-refractivity contribution in [3.05, 3.63) is 35.9 Å². The van der Waals surface area contributed by atoms with E-state index in [1.54, 1.807) is 31.2 Å². The number of rotatable bonds is 5. The van der Waals surface area contributed by atoms with Crippen LogP contribution in [0.2, 0.25) is 0 Å². The Kier molecular flexibility index (Phi) is 5.39. The lowest BCUT2D eigenvalue weighted by atomic mass is 10.00. The first-order valence-electron chi connectivity index (χ1n) is 5.68. The Morgan fingerprint density at radius 1 is 1.28 bits per heavy atom. The summed E-state index contributed by atoms with van der Waals surface area (Å²) in [5, 5.41) is 14.0. The van der Waals surface area contributed by atoms with Gasteiger partial charge in [-0.15, -0.1) is 0 Å². The fraction of sp³-hybridized carbons (Fsp3) is 0.308. The highest BCUT2D eigenvalue weighted by Gasteiger charge is 2.19. The van der Waals surface area contributed by atoms with E-state index in [0.717, 1.165) is 0 Å². The minimum atomic E-state index is -0.888. The van der Waals surface area contributed by atoms with Crippen LogP contribution >= 0.6 is 0 Å². The van der Waals surface area contributed by atoms with Crippen molar-refractivity contribution >= 4 is 11.8 Å². The largest absolute Gasteiger partial charge is 0.355 e. The molecule has 1 aromatic carbocycles. The van der Waals surface area contributed by atoms with Crippen molar-refractivity contribution in [3.63, 3.8) is 0 Å². The van der Waals surface area contributed by atoms with Crippen molar-refractivity contribution in [1.82, 2.24) is 10.6 Å². The molecule has 1 unspecified atom stereocenters. The topological polar surface area (TPSA) is 82.0 Å². The van der Waals surface area contributed by atoms with Crippen LogP contribution in [-0.4, -0.2) is 24.9 Å². The number of nitriles is 1. The molecule has 94 valence electrons. The van der Waals surface area contributed by atoms with E-state index >= 15 is 0 Å². The molecule has 5 nitrogen and oxygen atoms in total. The number of hydrogen-bond acceptors (Lipinski definition) is 3. The zero-order chi connectivity index (χ0) is 13.4. The maximum Gasteiger partial charge on any atom is 0.242 e. The van der Waals surface area contributed by atoms with Crippen LogP contribution in [0.3, 0.4) is 0 Å². The Labute approximate surface area is 106 Å². The summed E-state index contributed by atoms with van der Waals surface area (Å²) in [7, 11) is 0. The Hall–Kier alpha value is -2.35. The first kappa shape index (κ1) is 13.7. The molecule has 2 amide bonds. The van der Waals surface area contributed by atoms with Crippen molar-refractivity contribution in [3.8, 4) is 6.07 Å². The number of nitrogens with one attached hydrogen (secondary N) is 2. The van der Waals surface area contributed by atoms with Crippen molar-refractivity contribution in [2.75, 3.05) is 13.1 Å². The molecule has 0 heterocycles. The van der Waals surface area contributed by atoms with Crippen LogP contribution in [0.25, 0.3) is 0 Å². The van der Waals surface area contributed by atoms with Gasteiger partial charge in [0.1, 0.15) is 5.92 Å². The van der Waals surface area contributed by atoms with Crippen molar-refractivity contribution in [1.29, 1.82) is 5.26 Å². The van der Waals surface area contributed by atoms with E-state index in [1.807, 2.05) is 12.1 Å². The Morgan fingerprint density at radius 3 is 2.50 bits per heavy atom. The summed E-state index contributed by atoms with van der Waals surface area (Å²) >= 11 is 0. The molecular weight excluding hydrogens is 230 g/mol. The average Bonchev–Trinajstić information content (AvgIpc) is 2.39. The highest BCUT2D eigenvalue weighted by Crippen LogP contribution is 2.14. The third-order valence-corrected chi connectivity index (χ3v) is 2.32. The van der Waals surface area contributed by atoms with Gasteiger partial charge in [-0.05, 0) is 12.5 Å². The fourth-order valence-corrected chi connectivity index (χ4v) is 1.46. The second kappa shape index (κ2) is 7.07. The summed E-state index contributed by atoms with van der Waals surface area (Å²) in [4.78, 5) is 23.0. The quantitative estimate of drug-likeness (QED) is 0.794. The SMILES string of the molecule is CCNC(=O)CNC(=O)C(C#N)c1ccccc1. The van der Waals surface area contributed by atoms with Crippen LogP contribution in [0.5, 0.6) is 0 Å². The fourth-order valence-electron chi connectivity index (χ4n) is 1.46. The number of nitrogens with zero attached hydrogens (tertiary/aromatic N) is 1. The van der Waals surface area contributed by atoms with Gasteiger partial charge in [0.25, 0.3) is 0 Å². The van der Waals surface area contributed by atoms with E-state index in [4.69, 9.17) is 5.26 Å². The minimum absolute atomic E-state index is 0.113. The number of carbonyl (C=O) groups is 2. The zero-order valence-electron chi connectivity index (χ0n) is 10.1. The molecule has 0 saturated carbocycles. The van der Waals surface area contributed by atoms with Crippen molar-refractivity contribution in [2.45, 2.75) is 12.8 Å². The smallest absolute Gasteiger partial charge is 0.242 e. The molecule has 0 aliphatic carbocycles. The molecule has 0 saturated heterocycles. The van der Waals surface area contributed by atoms with Gasteiger partial charge in [0.15, 0.2) is 0 Å². The summed E-state index contributed by atoms with van der Waals surface area (Å²) in [5.74, 6) is -1.62. The van der Waals surface area contributed by atoms with Crippen LogP contribution in [0.4, 0.5) is 0 Å². The van der Waals surface area contributed by atoms with Crippen LogP contribution in [0.1, 0.15) is 18.4 Å². The molecule has 18 heavy (non-hydrogen) atoms. The molecule has 0 aliphatic rings. The van der Waals surface area contributed by atoms with Gasteiger partial charge in [-0.2, -0.15) is 5.26 Å². The highest BCUT2D eigenvalue weighted by molar-refractivity contribution is 5.90. The van der Waals surface area contributed by atoms with Gasteiger partial charge in [-0.1, -0.05) is 30.3 Å². The van der Waals surface area contributed by atoms with E-state index in [1.165, 1.54) is 0 Å². The average molecular weight is 245 g/mol. The van der Waals surface area contributed by atoms with E-state index in [9.17, 15) is 9.59 Å². The third-order valence-electron chi connectivity index (χ3n) is 2.32. The van der Waals surface area contributed by atoms with Gasteiger partial charge in [-0.3, -0.25) is 9.59 Å². The Balaban J connectivity index is 2.60. The van der Waals surface area contributed by atoms with Crippen LogP contribution < -0.4 is 10.6 Å². The summed E-state index contributed by atoms with van der Waals surface area (Å²) in [6.07, 6.45) is 0. The highest BCUT2D eigenvalue weighted by atomic mass is 16.2. The van der Waals surface area contributed by atoms with Crippen LogP contribution in [-0.2, 0) is 9.59 Å². The lowest BCUT2D eigenvalue weighted by molar-refractivity contribution is -0.126. The second-order valence-electron chi connectivity index (χ2n) is 3.64. The van der Waals surface area contributed by atoms with Gasteiger partial charge in [0.2, 0.25) is 11.8 Å². The molecule has 2 N–H and O–H groups in total. The minimum Gasteiger partial charge on any atom is -0.355 e. The van der Waals surface area contributed by atoms with Crippen molar-refractivity contribution < 1.29 is 9.59 Å². The lowest BCUT2D eigenvalue weighted by Gasteiger charge is -2.10. The molecule has 0 bridgehead atoms. The molecule has 0 aliphatic heterocycles. The van der Waals surface area contributed by atoms with E-state index in [-0.39, 0.29) is 12.5 Å². The Bertz CT molecular complexity index is 451. The molecular formula is C13H15N3O2. The molecule has 0 radical (unpaired) electrons. The van der Waals surface area contributed by atoms with Crippen molar-refractivity contribution in [2.24, 2.45) is 0 Å². The van der Waals surface area contributed by atoms with Crippen LogP contribution in [0, 0.1) is 11.3 Å². The van der Waals surface area contributed by atoms with E-state index < -0.39 is 11.8 Å². The van der Waals surface area contributed by atoms with E-state index in [2.05, 4.69) is 10.6 Å². The van der Waals surface area contributed by atoms with Gasteiger partial charge in [-0.25, -0.2) is 0 Å². The molecule has 0 spiro atoms. The zero-order valence-corrected chi connectivity index (χ0v) is 10.1. The lowest BCUT2D eigenvalue weighted by Crippen LogP contribution is -2.38. The van der Waals surface area contributed by atoms with Gasteiger partial charge in [0.05, 0.1) is 12.6 Å². The third kappa shape index (κ3) is 3.91. The summed E-state index contributed by atoms with van der Waals surface area (Å²) in [6.45, 7) is 2.19. The first-order valence-corrected chi connectivity index (χ1v) is 5.68. The number of likely N-dealkylation sites (N-methyl/N-ethyl adjacent to an activating group) is 1. The summed E-state index contributed by atoms with van der Waals surface area (Å²) in [5.41, 5.74) is 0.619. The number of benzene rings is 1. The predicted molar refractivity (Wildman–Crippen MR) is 66.5 cm³/mol. The molecule has 5 heteroatoms. The Morgan fingerprint density at radius 2 is 1.94 bits per heavy atom. The molecule has 1 rings (SSSR count). The van der Waals surface area contributed by atoms with E-state index in [0.29, 0.717) is 12.1 Å². The standard InChI is InChI=1S/C13H15N3O2/c1-2-15-12(17)9-16-13(18)11(8-14)10-6-4-3-5-7-10/h3-7,11H,2,9H2,1H3,(H,15,17)(H,16,18). The van der Waals surface area contributed by atoms with Crippen LogP contribution in [0.15, 0.2) is 30.3 Å². The van der Waals surface area contributed by atoms with Gasteiger partial charge >= 0.3 is 0 Å². The molecule has 0 aromatic heterocycles. The normalized spacial score (nSPS) is 11.1. The molecule has 0 fully saturated rings. The molecule has 1 aromatic rings. The summed E-state index contributed by atoms with van der Waals surface area (Å²) < 4.78 is 0.